The fraction of sp³-hybridized carbons (Fsp3) is 0.111. The molecule has 1 aromatic heterocycles. The summed E-state index contributed by atoms with van der Waals surface area (Å²) in [6.45, 7) is 2.29. The van der Waals surface area contributed by atoms with Gasteiger partial charge in [-0.2, -0.15) is 4.98 Å². The van der Waals surface area contributed by atoms with Crippen LogP contribution in [0.1, 0.15) is 23.0 Å². The number of anilines is 1. The first-order chi connectivity index (χ1) is 11.2. The molecule has 0 aliphatic rings. The van der Waals surface area contributed by atoms with E-state index in [2.05, 4.69) is 4.98 Å². The summed E-state index contributed by atoms with van der Waals surface area (Å²) in [5.41, 5.74) is 7.66. The molecule has 0 spiro atoms. The Morgan fingerprint density at radius 2 is 1.70 bits per heavy atom. The third kappa shape index (κ3) is 2.81. The van der Waals surface area contributed by atoms with Gasteiger partial charge in [-0.1, -0.05) is 48.5 Å². The van der Waals surface area contributed by atoms with Crippen LogP contribution in [0.15, 0.2) is 60.7 Å². The molecule has 3 aromatic rings. The molecule has 0 radical (unpaired) electrons. The van der Waals surface area contributed by atoms with Crippen LogP contribution in [0.2, 0.25) is 0 Å². The molecule has 23 heavy (non-hydrogen) atoms. The molecule has 5 heteroatoms. The average Bonchev–Trinajstić information content (AvgIpc) is 2.92. The highest BCUT2D eigenvalue weighted by Gasteiger charge is 2.24. The second kappa shape index (κ2) is 6.36. The maximum atomic E-state index is 12.9. The SMILES string of the molecule is CCOc1nc(N)c(C(=O)c2ccccc2)n1-c1ccccc1. The van der Waals surface area contributed by atoms with E-state index in [1.807, 2.05) is 55.5 Å². The van der Waals surface area contributed by atoms with E-state index in [0.29, 0.717) is 23.9 Å². The first-order valence-corrected chi connectivity index (χ1v) is 7.38. The highest BCUT2D eigenvalue weighted by molar-refractivity contribution is 6.11. The Kier molecular flexibility index (Phi) is 4.10. The number of hydrogen-bond donors (Lipinski definition) is 1. The minimum absolute atomic E-state index is 0.158. The van der Waals surface area contributed by atoms with Crippen molar-refractivity contribution in [3.05, 3.63) is 71.9 Å². The number of ether oxygens (including phenoxy) is 1. The lowest BCUT2D eigenvalue weighted by molar-refractivity contribution is 0.103. The molecule has 0 aliphatic carbocycles. The van der Waals surface area contributed by atoms with Crippen LogP contribution in [0.4, 0.5) is 5.82 Å². The molecule has 0 unspecified atom stereocenters. The van der Waals surface area contributed by atoms with Crippen molar-refractivity contribution in [3.63, 3.8) is 0 Å². The van der Waals surface area contributed by atoms with Crippen LogP contribution in [0.3, 0.4) is 0 Å². The van der Waals surface area contributed by atoms with E-state index in [9.17, 15) is 4.79 Å². The number of ketones is 1. The minimum atomic E-state index is -0.189. The first-order valence-electron chi connectivity index (χ1n) is 7.38. The summed E-state index contributed by atoms with van der Waals surface area (Å²) in [4.78, 5) is 17.1. The van der Waals surface area contributed by atoms with Gasteiger partial charge in [-0.3, -0.25) is 9.36 Å². The van der Waals surface area contributed by atoms with Crippen molar-refractivity contribution >= 4 is 11.6 Å². The predicted octanol–water partition coefficient (Wildman–Crippen LogP) is 3.08. The number of rotatable bonds is 5. The quantitative estimate of drug-likeness (QED) is 0.735. The molecule has 1 heterocycles. The topological polar surface area (TPSA) is 70.1 Å². The molecular weight excluding hydrogens is 290 g/mol. The standard InChI is InChI=1S/C18H17N3O2/c1-2-23-18-20-17(19)15(16(22)13-9-5-3-6-10-13)21(18)14-11-7-4-8-12-14/h3-12H,2,19H2,1H3. The summed E-state index contributed by atoms with van der Waals surface area (Å²) < 4.78 is 7.22. The van der Waals surface area contributed by atoms with E-state index >= 15 is 0 Å². The second-order valence-electron chi connectivity index (χ2n) is 4.93. The fourth-order valence-corrected chi connectivity index (χ4v) is 2.40. The van der Waals surface area contributed by atoms with Crippen LogP contribution < -0.4 is 10.5 Å². The molecule has 0 fully saturated rings. The molecule has 0 aliphatic heterocycles. The number of imidazole rings is 1. The molecule has 0 amide bonds. The van der Waals surface area contributed by atoms with Crippen molar-refractivity contribution in [2.45, 2.75) is 6.92 Å². The summed E-state index contributed by atoms with van der Waals surface area (Å²) in [6.07, 6.45) is 0. The molecule has 0 saturated carbocycles. The third-order valence-corrected chi connectivity index (χ3v) is 3.41. The van der Waals surface area contributed by atoms with Gasteiger partial charge in [-0.05, 0) is 19.1 Å². The zero-order valence-electron chi connectivity index (χ0n) is 12.8. The van der Waals surface area contributed by atoms with Gasteiger partial charge in [0.05, 0.1) is 12.3 Å². The molecule has 5 nitrogen and oxygen atoms in total. The summed E-state index contributed by atoms with van der Waals surface area (Å²) >= 11 is 0. The number of para-hydroxylation sites is 1. The van der Waals surface area contributed by atoms with Crippen LogP contribution in [0.5, 0.6) is 6.01 Å². The van der Waals surface area contributed by atoms with Gasteiger partial charge in [0, 0.05) is 5.56 Å². The maximum absolute atomic E-state index is 12.9. The van der Waals surface area contributed by atoms with E-state index in [0.717, 1.165) is 5.69 Å². The van der Waals surface area contributed by atoms with Crippen molar-refractivity contribution in [2.24, 2.45) is 0 Å². The molecule has 116 valence electrons. The van der Waals surface area contributed by atoms with E-state index in [1.54, 1.807) is 16.7 Å². The zero-order chi connectivity index (χ0) is 16.2. The number of nitrogens with two attached hydrogens (primary N) is 1. The number of benzene rings is 2. The Bertz CT molecular complexity index is 811. The van der Waals surface area contributed by atoms with Crippen LogP contribution in [-0.2, 0) is 0 Å². The van der Waals surface area contributed by atoms with Crippen molar-refractivity contribution < 1.29 is 9.53 Å². The Hall–Kier alpha value is -3.08. The lowest BCUT2D eigenvalue weighted by Crippen LogP contribution is -2.12. The lowest BCUT2D eigenvalue weighted by Gasteiger charge is -2.11. The minimum Gasteiger partial charge on any atom is -0.465 e. The van der Waals surface area contributed by atoms with Gasteiger partial charge in [0.2, 0.25) is 5.78 Å². The molecular formula is C18H17N3O2. The lowest BCUT2D eigenvalue weighted by atomic mass is 10.1. The van der Waals surface area contributed by atoms with Crippen LogP contribution in [0, 0.1) is 0 Å². The predicted molar refractivity (Wildman–Crippen MR) is 89.0 cm³/mol. The Labute approximate surface area is 134 Å². The van der Waals surface area contributed by atoms with Crippen molar-refractivity contribution in [2.75, 3.05) is 12.3 Å². The first kappa shape index (κ1) is 14.8. The van der Waals surface area contributed by atoms with E-state index in [1.165, 1.54) is 0 Å². The Morgan fingerprint density at radius 3 is 2.30 bits per heavy atom. The largest absolute Gasteiger partial charge is 0.465 e. The summed E-state index contributed by atoms with van der Waals surface area (Å²) in [6, 6.07) is 18.8. The van der Waals surface area contributed by atoms with Gasteiger partial charge < -0.3 is 10.5 Å². The van der Waals surface area contributed by atoms with Crippen LogP contribution in [-0.4, -0.2) is 21.9 Å². The second-order valence-corrected chi connectivity index (χ2v) is 4.93. The number of carbonyl (C=O) groups excluding carboxylic acids is 1. The molecule has 3 rings (SSSR count). The van der Waals surface area contributed by atoms with Gasteiger partial charge in [0.15, 0.2) is 5.82 Å². The molecule has 0 bridgehead atoms. The van der Waals surface area contributed by atoms with Crippen LogP contribution >= 0.6 is 0 Å². The summed E-state index contributed by atoms with van der Waals surface area (Å²) in [5.74, 6) is -0.0310. The third-order valence-electron chi connectivity index (χ3n) is 3.41. The highest BCUT2D eigenvalue weighted by Crippen LogP contribution is 2.27. The molecule has 0 saturated heterocycles. The van der Waals surface area contributed by atoms with E-state index in [-0.39, 0.29) is 11.6 Å². The Balaban J connectivity index is 2.18. The number of hydrogen-bond acceptors (Lipinski definition) is 4. The van der Waals surface area contributed by atoms with Crippen molar-refractivity contribution in [1.29, 1.82) is 0 Å². The average molecular weight is 307 g/mol. The molecule has 2 N–H and O–H groups in total. The molecule has 0 atom stereocenters. The fourth-order valence-electron chi connectivity index (χ4n) is 2.40. The smallest absolute Gasteiger partial charge is 0.303 e. The van der Waals surface area contributed by atoms with Gasteiger partial charge in [0.25, 0.3) is 0 Å². The zero-order valence-corrected chi connectivity index (χ0v) is 12.8. The van der Waals surface area contributed by atoms with Crippen molar-refractivity contribution in [3.8, 4) is 11.7 Å². The number of nitrogen functional groups attached to an aromatic ring is 1. The number of nitrogens with zero attached hydrogens (tertiary/aromatic N) is 2. The van der Waals surface area contributed by atoms with Crippen molar-refractivity contribution in [1.82, 2.24) is 9.55 Å². The summed E-state index contributed by atoms with van der Waals surface area (Å²) in [7, 11) is 0. The van der Waals surface area contributed by atoms with Gasteiger partial charge >= 0.3 is 6.01 Å². The van der Waals surface area contributed by atoms with Crippen LogP contribution in [0.25, 0.3) is 5.69 Å². The monoisotopic (exact) mass is 307 g/mol. The van der Waals surface area contributed by atoms with E-state index < -0.39 is 0 Å². The highest BCUT2D eigenvalue weighted by atomic mass is 16.5. The van der Waals surface area contributed by atoms with Gasteiger partial charge in [-0.15, -0.1) is 0 Å². The normalized spacial score (nSPS) is 10.5. The summed E-state index contributed by atoms with van der Waals surface area (Å²) in [5, 5.41) is 0. The maximum Gasteiger partial charge on any atom is 0.303 e. The number of carbonyl (C=O) groups is 1. The van der Waals surface area contributed by atoms with Gasteiger partial charge in [-0.25, -0.2) is 0 Å². The van der Waals surface area contributed by atoms with Gasteiger partial charge in [0.1, 0.15) is 5.69 Å². The molecule has 2 aromatic carbocycles. The Morgan fingerprint density at radius 1 is 1.09 bits per heavy atom. The number of aromatic nitrogens is 2. The van der Waals surface area contributed by atoms with E-state index in [4.69, 9.17) is 10.5 Å².